The van der Waals surface area contributed by atoms with E-state index in [9.17, 15) is 4.79 Å². The molecule has 0 unspecified atom stereocenters. The van der Waals surface area contributed by atoms with Crippen LogP contribution in [0.3, 0.4) is 0 Å². The van der Waals surface area contributed by atoms with Crippen LogP contribution in [-0.2, 0) is 11.3 Å². The van der Waals surface area contributed by atoms with Crippen molar-refractivity contribution in [2.45, 2.75) is 13.5 Å². The number of fused-ring (bicyclic) bond motifs is 1. The second-order valence-corrected chi connectivity index (χ2v) is 5.98. The summed E-state index contributed by atoms with van der Waals surface area (Å²) in [5.74, 6) is 0.693. The number of rotatable bonds is 5. The van der Waals surface area contributed by atoms with Crippen molar-refractivity contribution in [3.8, 4) is 0 Å². The lowest BCUT2D eigenvalue weighted by atomic mass is 10.2. The summed E-state index contributed by atoms with van der Waals surface area (Å²) in [7, 11) is 0. The van der Waals surface area contributed by atoms with Gasteiger partial charge in [-0.05, 0) is 36.6 Å². The molecule has 2 aromatic heterocycles. The topological polar surface area (TPSA) is 33.5 Å². The Bertz CT molecular complexity index is 753. The molecule has 1 amide bonds. The fraction of sp³-hybridized carbons (Fsp3) is 0.167. The molecular formula is C18H17NO2S. The number of hydrogen-bond acceptors (Lipinski definition) is 3. The predicted octanol–water partition coefficient (Wildman–Crippen LogP) is 4.56. The molecule has 1 aromatic carbocycles. The highest BCUT2D eigenvalue weighted by atomic mass is 32.1. The van der Waals surface area contributed by atoms with E-state index in [4.69, 9.17) is 4.42 Å². The molecule has 0 fully saturated rings. The third kappa shape index (κ3) is 3.28. The van der Waals surface area contributed by atoms with Crippen molar-refractivity contribution in [2.75, 3.05) is 6.54 Å². The van der Waals surface area contributed by atoms with Crippen LogP contribution in [0.25, 0.3) is 17.0 Å². The van der Waals surface area contributed by atoms with Crippen LogP contribution in [0.5, 0.6) is 0 Å². The average Bonchev–Trinajstić information content (AvgIpc) is 3.18. The van der Waals surface area contributed by atoms with E-state index >= 15 is 0 Å². The minimum atomic E-state index is -0.00337. The summed E-state index contributed by atoms with van der Waals surface area (Å²) in [6.45, 7) is 3.32. The van der Waals surface area contributed by atoms with E-state index in [1.54, 1.807) is 23.5 Å². The van der Waals surface area contributed by atoms with Crippen molar-refractivity contribution in [2.24, 2.45) is 0 Å². The first-order valence-corrected chi connectivity index (χ1v) is 8.12. The summed E-state index contributed by atoms with van der Waals surface area (Å²) in [5, 5.41) is 3.07. The molecule has 0 aliphatic carbocycles. The Kier molecular flexibility index (Phi) is 4.39. The van der Waals surface area contributed by atoms with Crippen LogP contribution in [0, 0.1) is 0 Å². The Morgan fingerprint density at radius 3 is 2.86 bits per heavy atom. The smallest absolute Gasteiger partial charge is 0.247 e. The third-order valence-electron chi connectivity index (χ3n) is 3.45. The van der Waals surface area contributed by atoms with Gasteiger partial charge in [0.15, 0.2) is 0 Å². The summed E-state index contributed by atoms with van der Waals surface area (Å²) >= 11 is 1.66. The zero-order chi connectivity index (χ0) is 15.4. The van der Waals surface area contributed by atoms with E-state index in [1.807, 2.05) is 59.7 Å². The second-order valence-electron chi connectivity index (χ2n) is 4.95. The fourth-order valence-corrected chi connectivity index (χ4v) is 3.00. The van der Waals surface area contributed by atoms with Crippen molar-refractivity contribution in [3.63, 3.8) is 0 Å². The van der Waals surface area contributed by atoms with E-state index in [1.165, 1.54) is 4.88 Å². The van der Waals surface area contributed by atoms with Crippen LogP contribution in [0.2, 0.25) is 0 Å². The van der Waals surface area contributed by atoms with Gasteiger partial charge in [0, 0.05) is 22.9 Å². The summed E-state index contributed by atoms with van der Waals surface area (Å²) in [6.07, 6.45) is 3.31. The summed E-state index contributed by atoms with van der Waals surface area (Å²) in [5.41, 5.74) is 0.834. The monoisotopic (exact) mass is 311 g/mol. The quantitative estimate of drug-likeness (QED) is 0.647. The predicted molar refractivity (Wildman–Crippen MR) is 90.7 cm³/mol. The molecule has 0 aliphatic rings. The van der Waals surface area contributed by atoms with E-state index in [0.717, 1.165) is 11.0 Å². The van der Waals surface area contributed by atoms with Gasteiger partial charge in [-0.1, -0.05) is 24.3 Å². The van der Waals surface area contributed by atoms with Gasteiger partial charge in [0.05, 0.1) is 6.54 Å². The maximum atomic E-state index is 12.3. The number of para-hydroxylation sites is 1. The molecule has 3 nitrogen and oxygen atoms in total. The van der Waals surface area contributed by atoms with Gasteiger partial charge < -0.3 is 9.32 Å². The van der Waals surface area contributed by atoms with Crippen molar-refractivity contribution >= 4 is 34.3 Å². The highest BCUT2D eigenvalue weighted by Crippen LogP contribution is 2.20. The Morgan fingerprint density at radius 2 is 2.14 bits per heavy atom. The Labute approximate surface area is 133 Å². The SMILES string of the molecule is CCN(Cc1cccs1)C(=O)/C=C/c1cc2ccccc2o1. The fourth-order valence-electron chi connectivity index (χ4n) is 2.28. The van der Waals surface area contributed by atoms with Crippen molar-refractivity contribution in [3.05, 3.63) is 64.6 Å². The van der Waals surface area contributed by atoms with Gasteiger partial charge >= 0.3 is 0 Å². The largest absolute Gasteiger partial charge is 0.457 e. The lowest BCUT2D eigenvalue weighted by molar-refractivity contribution is -0.126. The highest BCUT2D eigenvalue weighted by Gasteiger charge is 2.10. The number of thiophene rings is 1. The molecular weight excluding hydrogens is 294 g/mol. The van der Waals surface area contributed by atoms with Crippen LogP contribution in [-0.4, -0.2) is 17.4 Å². The molecule has 2 heterocycles. The van der Waals surface area contributed by atoms with Crippen LogP contribution in [0.15, 0.2) is 58.3 Å². The number of carbonyl (C=O) groups excluding carboxylic acids is 1. The molecule has 0 spiro atoms. The van der Waals surface area contributed by atoms with Crippen LogP contribution < -0.4 is 0 Å². The van der Waals surface area contributed by atoms with Gasteiger partial charge in [0.1, 0.15) is 11.3 Å². The summed E-state index contributed by atoms with van der Waals surface area (Å²) < 4.78 is 5.68. The molecule has 0 radical (unpaired) electrons. The number of carbonyl (C=O) groups is 1. The zero-order valence-electron chi connectivity index (χ0n) is 12.4. The first kappa shape index (κ1) is 14.6. The molecule has 0 aliphatic heterocycles. The van der Waals surface area contributed by atoms with Gasteiger partial charge in [-0.15, -0.1) is 11.3 Å². The van der Waals surface area contributed by atoms with Gasteiger partial charge in [0.2, 0.25) is 5.91 Å². The number of benzene rings is 1. The van der Waals surface area contributed by atoms with Gasteiger partial charge in [0.25, 0.3) is 0 Å². The molecule has 3 aromatic rings. The van der Waals surface area contributed by atoms with Crippen LogP contribution >= 0.6 is 11.3 Å². The highest BCUT2D eigenvalue weighted by molar-refractivity contribution is 7.09. The molecule has 0 N–H and O–H groups in total. The first-order chi connectivity index (χ1) is 10.8. The molecule has 0 saturated heterocycles. The lowest BCUT2D eigenvalue weighted by Crippen LogP contribution is -2.28. The van der Waals surface area contributed by atoms with Crippen LogP contribution in [0.4, 0.5) is 0 Å². The molecule has 0 saturated carbocycles. The maximum Gasteiger partial charge on any atom is 0.247 e. The number of furan rings is 1. The van der Waals surface area contributed by atoms with Gasteiger partial charge in [-0.25, -0.2) is 0 Å². The zero-order valence-corrected chi connectivity index (χ0v) is 13.2. The number of nitrogens with zero attached hydrogens (tertiary/aromatic N) is 1. The number of likely N-dealkylation sites (N-methyl/N-ethyl adjacent to an activating group) is 1. The van der Waals surface area contributed by atoms with E-state index in [0.29, 0.717) is 18.8 Å². The molecule has 22 heavy (non-hydrogen) atoms. The van der Waals surface area contributed by atoms with Crippen molar-refractivity contribution in [1.82, 2.24) is 4.90 Å². The van der Waals surface area contributed by atoms with E-state index in [-0.39, 0.29) is 5.91 Å². The van der Waals surface area contributed by atoms with E-state index < -0.39 is 0 Å². The Morgan fingerprint density at radius 1 is 1.27 bits per heavy atom. The maximum absolute atomic E-state index is 12.3. The number of amides is 1. The van der Waals surface area contributed by atoms with Crippen LogP contribution in [0.1, 0.15) is 17.6 Å². The molecule has 0 atom stereocenters. The standard InChI is InChI=1S/C18H17NO2S/c1-2-19(13-16-7-5-11-22-16)18(20)10-9-15-12-14-6-3-4-8-17(14)21-15/h3-12H,2,13H2,1H3/b10-9+. The van der Waals surface area contributed by atoms with Crippen molar-refractivity contribution in [1.29, 1.82) is 0 Å². The molecule has 112 valence electrons. The summed E-state index contributed by atoms with van der Waals surface area (Å²) in [6, 6.07) is 13.8. The number of hydrogen-bond donors (Lipinski definition) is 0. The first-order valence-electron chi connectivity index (χ1n) is 7.24. The minimum absolute atomic E-state index is 0.00337. The van der Waals surface area contributed by atoms with Gasteiger partial charge in [-0.3, -0.25) is 4.79 Å². The lowest BCUT2D eigenvalue weighted by Gasteiger charge is -2.17. The molecule has 3 rings (SSSR count). The normalized spacial score (nSPS) is 11.3. The van der Waals surface area contributed by atoms with Gasteiger partial charge in [-0.2, -0.15) is 0 Å². The molecule has 0 bridgehead atoms. The Hall–Kier alpha value is -2.33. The average molecular weight is 311 g/mol. The molecule has 4 heteroatoms. The Balaban J connectivity index is 1.71. The van der Waals surface area contributed by atoms with Crippen molar-refractivity contribution < 1.29 is 9.21 Å². The minimum Gasteiger partial charge on any atom is -0.457 e. The van der Waals surface area contributed by atoms with E-state index in [2.05, 4.69) is 0 Å². The summed E-state index contributed by atoms with van der Waals surface area (Å²) in [4.78, 5) is 15.3. The second kappa shape index (κ2) is 6.62. The third-order valence-corrected chi connectivity index (χ3v) is 4.32.